The number of ether oxygens (including phenoxy) is 1. The molecular formula is C24H24N4O2. The number of ketones is 1. The number of fused-ring (bicyclic) bond motifs is 3. The van der Waals surface area contributed by atoms with E-state index < -0.39 is 0 Å². The first-order chi connectivity index (χ1) is 14.7. The Bertz CT molecular complexity index is 1100. The van der Waals surface area contributed by atoms with Crippen molar-refractivity contribution in [3.63, 3.8) is 0 Å². The summed E-state index contributed by atoms with van der Waals surface area (Å²) in [4.78, 5) is 27.7. The van der Waals surface area contributed by atoms with E-state index in [1.165, 1.54) is 0 Å². The van der Waals surface area contributed by atoms with Crippen LogP contribution in [0.5, 0.6) is 5.75 Å². The molecule has 2 aromatic carbocycles. The maximum atomic E-state index is 13.2. The Morgan fingerprint density at radius 3 is 2.23 bits per heavy atom. The number of nitrogens with zero attached hydrogens (tertiary/aromatic N) is 4. The van der Waals surface area contributed by atoms with Crippen molar-refractivity contribution >= 4 is 11.7 Å². The van der Waals surface area contributed by atoms with Crippen molar-refractivity contribution < 1.29 is 9.53 Å². The van der Waals surface area contributed by atoms with E-state index in [9.17, 15) is 4.79 Å². The molecular weight excluding hydrogens is 376 g/mol. The van der Waals surface area contributed by atoms with Crippen molar-refractivity contribution in [2.75, 3.05) is 44.7 Å². The van der Waals surface area contributed by atoms with Crippen LogP contribution < -0.4 is 9.64 Å². The van der Waals surface area contributed by atoms with Crippen LogP contribution in [0.3, 0.4) is 0 Å². The highest BCUT2D eigenvalue weighted by atomic mass is 16.5. The standard InChI is InChI=1S/C24H24N4O2/c1-3-27-12-14-28(15-13-27)24-25-21(16-8-10-17(30-2)11-9-16)20-22(26-24)18-6-4-5-7-19(18)23(20)29/h4-11H,3,12-15H2,1-2H3. The van der Waals surface area contributed by atoms with Crippen LogP contribution in [0.2, 0.25) is 0 Å². The Balaban J connectivity index is 1.65. The third-order valence-corrected chi connectivity index (χ3v) is 6.02. The number of methoxy groups -OCH3 is 1. The number of piperazine rings is 1. The normalized spacial score (nSPS) is 15.8. The fourth-order valence-electron chi connectivity index (χ4n) is 4.24. The Morgan fingerprint density at radius 1 is 0.900 bits per heavy atom. The van der Waals surface area contributed by atoms with Gasteiger partial charge in [-0.05, 0) is 30.8 Å². The number of rotatable bonds is 4. The molecule has 5 rings (SSSR count). The van der Waals surface area contributed by atoms with E-state index in [1.807, 2.05) is 48.5 Å². The van der Waals surface area contributed by atoms with Gasteiger partial charge in [0.05, 0.1) is 24.1 Å². The lowest BCUT2D eigenvalue weighted by molar-refractivity contribution is 0.104. The number of likely N-dealkylation sites (N-methyl/N-ethyl adjacent to an activating group) is 1. The molecule has 0 N–H and O–H groups in total. The molecule has 0 amide bonds. The fraction of sp³-hybridized carbons (Fsp3) is 0.292. The van der Waals surface area contributed by atoms with Crippen molar-refractivity contribution in [2.45, 2.75) is 6.92 Å². The van der Waals surface area contributed by atoms with Gasteiger partial charge in [0, 0.05) is 42.9 Å². The molecule has 30 heavy (non-hydrogen) atoms. The maximum Gasteiger partial charge on any atom is 0.226 e. The van der Waals surface area contributed by atoms with Gasteiger partial charge in [0.15, 0.2) is 5.78 Å². The second kappa shape index (κ2) is 7.54. The molecule has 1 aliphatic carbocycles. The smallest absolute Gasteiger partial charge is 0.226 e. The molecule has 1 aromatic heterocycles. The predicted octanol–water partition coefficient (Wildman–Crippen LogP) is 3.51. The first-order valence-electron chi connectivity index (χ1n) is 10.4. The second-order valence-electron chi connectivity index (χ2n) is 7.62. The van der Waals surface area contributed by atoms with Crippen LogP contribution in [0.4, 0.5) is 5.95 Å². The van der Waals surface area contributed by atoms with E-state index in [0.717, 1.165) is 55.3 Å². The molecule has 6 nitrogen and oxygen atoms in total. The van der Waals surface area contributed by atoms with E-state index in [1.54, 1.807) is 7.11 Å². The Morgan fingerprint density at radius 2 is 1.57 bits per heavy atom. The van der Waals surface area contributed by atoms with E-state index in [-0.39, 0.29) is 5.78 Å². The molecule has 6 heteroatoms. The largest absolute Gasteiger partial charge is 0.497 e. The molecule has 3 aromatic rings. The van der Waals surface area contributed by atoms with Gasteiger partial charge in [-0.1, -0.05) is 31.2 Å². The van der Waals surface area contributed by atoms with Gasteiger partial charge in [-0.15, -0.1) is 0 Å². The summed E-state index contributed by atoms with van der Waals surface area (Å²) in [5.74, 6) is 1.46. The number of anilines is 1. The first-order valence-corrected chi connectivity index (χ1v) is 10.4. The van der Waals surface area contributed by atoms with E-state index in [2.05, 4.69) is 16.7 Å². The molecule has 152 valence electrons. The molecule has 2 aliphatic rings. The van der Waals surface area contributed by atoms with Crippen LogP contribution in [-0.4, -0.2) is 60.5 Å². The zero-order valence-electron chi connectivity index (χ0n) is 17.3. The molecule has 0 radical (unpaired) electrons. The average Bonchev–Trinajstić information content (AvgIpc) is 3.11. The molecule has 0 atom stereocenters. The van der Waals surface area contributed by atoms with E-state index >= 15 is 0 Å². The van der Waals surface area contributed by atoms with Crippen LogP contribution in [0.1, 0.15) is 22.8 Å². The number of carbonyl (C=O) groups is 1. The molecule has 2 heterocycles. The van der Waals surface area contributed by atoms with Crippen LogP contribution in [0.15, 0.2) is 48.5 Å². The molecule has 1 fully saturated rings. The molecule has 1 saturated heterocycles. The second-order valence-corrected chi connectivity index (χ2v) is 7.62. The molecule has 0 unspecified atom stereocenters. The number of hydrogen-bond donors (Lipinski definition) is 0. The van der Waals surface area contributed by atoms with Crippen molar-refractivity contribution in [1.29, 1.82) is 0 Å². The van der Waals surface area contributed by atoms with Gasteiger partial charge >= 0.3 is 0 Å². The van der Waals surface area contributed by atoms with Crippen molar-refractivity contribution in [1.82, 2.24) is 14.9 Å². The third kappa shape index (κ3) is 3.04. The minimum atomic E-state index is -0.00577. The zero-order valence-corrected chi connectivity index (χ0v) is 17.3. The number of hydrogen-bond acceptors (Lipinski definition) is 6. The number of benzene rings is 2. The van der Waals surface area contributed by atoms with Crippen LogP contribution in [-0.2, 0) is 0 Å². The van der Waals surface area contributed by atoms with Gasteiger partial charge in [-0.3, -0.25) is 4.79 Å². The Kier molecular flexibility index (Phi) is 4.71. The summed E-state index contributed by atoms with van der Waals surface area (Å²) in [7, 11) is 1.64. The van der Waals surface area contributed by atoms with Crippen molar-refractivity contribution in [2.24, 2.45) is 0 Å². The lowest BCUT2D eigenvalue weighted by atomic mass is 10.0. The van der Waals surface area contributed by atoms with Gasteiger partial charge in [0.2, 0.25) is 5.95 Å². The lowest BCUT2D eigenvalue weighted by Gasteiger charge is -2.34. The third-order valence-electron chi connectivity index (χ3n) is 6.02. The molecule has 1 aliphatic heterocycles. The van der Waals surface area contributed by atoms with Gasteiger partial charge in [0.1, 0.15) is 5.75 Å². The quantitative estimate of drug-likeness (QED) is 0.523. The minimum absolute atomic E-state index is 0.00577. The van der Waals surface area contributed by atoms with Crippen molar-refractivity contribution in [3.05, 3.63) is 59.7 Å². The van der Waals surface area contributed by atoms with Gasteiger partial charge < -0.3 is 14.5 Å². The summed E-state index contributed by atoms with van der Waals surface area (Å²) < 4.78 is 5.30. The minimum Gasteiger partial charge on any atom is -0.497 e. The molecule has 0 saturated carbocycles. The average molecular weight is 400 g/mol. The lowest BCUT2D eigenvalue weighted by Crippen LogP contribution is -2.46. The monoisotopic (exact) mass is 400 g/mol. The summed E-state index contributed by atoms with van der Waals surface area (Å²) in [5.41, 5.74) is 4.51. The zero-order chi connectivity index (χ0) is 20.7. The van der Waals surface area contributed by atoms with Crippen LogP contribution in [0, 0.1) is 0 Å². The SMILES string of the molecule is CCN1CCN(c2nc(-c3ccc(OC)cc3)c3c(n2)-c2ccccc2C3=O)CC1. The van der Waals surface area contributed by atoms with Crippen LogP contribution >= 0.6 is 0 Å². The van der Waals surface area contributed by atoms with E-state index in [4.69, 9.17) is 14.7 Å². The Labute approximate surface area is 176 Å². The number of aromatic nitrogens is 2. The highest BCUT2D eigenvalue weighted by Crippen LogP contribution is 2.41. The van der Waals surface area contributed by atoms with Gasteiger partial charge in [-0.2, -0.15) is 0 Å². The highest BCUT2D eigenvalue weighted by Gasteiger charge is 2.33. The summed E-state index contributed by atoms with van der Waals surface area (Å²) >= 11 is 0. The van der Waals surface area contributed by atoms with Crippen molar-refractivity contribution in [3.8, 4) is 28.3 Å². The topological polar surface area (TPSA) is 58.6 Å². The first kappa shape index (κ1) is 18.8. The summed E-state index contributed by atoms with van der Waals surface area (Å²) in [6, 6.07) is 15.4. The van der Waals surface area contributed by atoms with Crippen LogP contribution in [0.25, 0.3) is 22.5 Å². The summed E-state index contributed by atoms with van der Waals surface area (Å²) in [6.07, 6.45) is 0. The summed E-state index contributed by atoms with van der Waals surface area (Å²) in [5, 5.41) is 0. The summed E-state index contributed by atoms with van der Waals surface area (Å²) in [6.45, 7) is 6.98. The number of carbonyl (C=O) groups excluding carboxylic acids is 1. The van der Waals surface area contributed by atoms with E-state index in [0.29, 0.717) is 22.8 Å². The molecule has 0 spiro atoms. The Hall–Kier alpha value is -3.25. The highest BCUT2D eigenvalue weighted by molar-refractivity contribution is 6.23. The maximum absolute atomic E-state index is 13.2. The predicted molar refractivity (Wildman–Crippen MR) is 117 cm³/mol. The molecule has 0 bridgehead atoms. The van der Waals surface area contributed by atoms with Gasteiger partial charge in [-0.25, -0.2) is 9.97 Å². The fourth-order valence-corrected chi connectivity index (χ4v) is 4.24. The van der Waals surface area contributed by atoms with Gasteiger partial charge in [0.25, 0.3) is 0 Å².